The summed E-state index contributed by atoms with van der Waals surface area (Å²) in [6, 6.07) is 83.1. The summed E-state index contributed by atoms with van der Waals surface area (Å²) in [4.78, 5) is 15.7. The summed E-state index contributed by atoms with van der Waals surface area (Å²) in [5, 5.41) is 0. The van der Waals surface area contributed by atoms with E-state index in [0.717, 1.165) is 83.5 Å². The first-order chi connectivity index (χ1) is 29.7. The summed E-state index contributed by atoms with van der Waals surface area (Å²) < 4.78 is 0. The third-order valence-electron chi connectivity index (χ3n) is 11.0. The Bertz CT molecular complexity index is 2830. The van der Waals surface area contributed by atoms with Crippen molar-refractivity contribution >= 4 is 0 Å². The Labute approximate surface area is 351 Å². The van der Waals surface area contributed by atoms with Gasteiger partial charge in [0.05, 0.1) is 0 Å². The van der Waals surface area contributed by atoms with Gasteiger partial charge in [0.25, 0.3) is 0 Å². The number of aromatic nitrogens is 3. The van der Waals surface area contributed by atoms with Crippen LogP contribution in [-0.4, -0.2) is 15.0 Å². The lowest BCUT2D eigenvalue weighted by molar-refractivity contribution is 1.07. The normalized spacial score (nSPS) is 11.0. The van der Waals surface area contributed by atoms with Gasteiger partial charge in [-0.1, -0.05) is 218 Å². The molecule has 0 unspecified atom stereocenters. The minimum atomic E-state index is 0.603. The molecule has 60 heavy (non-hydrogen) atoms. The lowest BCUT2D eigenvalue weighted by Gasteiger charge is -2.16. The zero-order valence-electron chi connectivity index (χ0n) is 32.9. The lowest BCUT2D eigenvalue weighted by atomic mass is 9.89. The molecule has 0 aliphatic heterocycles. The molecule has 0 fully saturated rings. The smallest absolute Gasteiger partial charge is 0.164 e. The zero-order valence-corrected chi connectivity index (χ0v) is 32.9. The van der Waals surface area contributed by atoms with E-state index in [9.17, 15) is 0 Å². The lowest BCUT2D eigenvalue weighted by Crippen LogP contribution is -2.01. The molecule has 0 spiro atoms. The highest BCUT2D eigenvalue weighted by atomic mass is 15.0. The molecule has 1 heterocycles. The highest BCUT2D eigenvalue weighted by Crippen LogP contribution is 2.40. The summed E-state index contributed by atoms with van der Waals surface area (Å²) in [6.45, 7) is 0. The van der Waals surface area contributed by atoms with E-state index in [-0.39, 0.29) is 0 Å². The van der Waals surface area contributed by atoms with Crippen LogP contribution in [0.2, 0.25) is 0 Å². The maximum atomic E-state index is 5.28. The van der Waals surface area contributed by atoms with E-state index in [2.05, 4.69) is 224 Å². The highest BCUT2D eigenvalue weighted by molar-refractivity contribution is 5.91. The van der Waals surface area contributed by atoms with Gasteiger partial charge in [-0.3, -0.25) is 0 Å². The van der Waals surface area contributed by atoms with Crippen LogP contribution in [0.5, 0.6) is 0 Å². The van der Waals surface area contributed by atoms with Crippen LogP contribution in [0.1, 0.15) is 0 Å². The van der Waals surface area contributed by atoms with Crippen molar-refractivity contribution in [3.05, 3.63) is 237 Å². The molecule has 0 saturated carbocycles. The largest absolute Gasteiger partial charge is 0.208 e. The van der Waals surface area contributed by atoms with E-state index >= 15 is 0 Å². The van der Waals surface area contributed by atoms with Crippen molar-refractivity contribution < 1.29 is 0 Å². The fourth-order valence-electron chi connectivity index (χ4n) is 7.92. The number of nitrogens with zero attached hydrogens (tertiary/aromatic N) is 3. The average Bonchev–Trinajstić information content (AvgIpc) is 3.35. The molecule has 0 aliphatic carbocycles. The highest BCUT2D eigenvalue weighted by Gasteiger charge is 2.18. The minimum absolute atomic E-state index is 0.603. The molecule has 0 radical (unpaired) electrons. The van der Waals surface area contributed by atoms with Gasteiger partial charge in [-0.25, -0.2) is 15.0 Å². The van der Waals surface area contributed by atoms with Crippen LogP contribution in [0.15, 0.2) is 237 Å². The molecule has 0 bridgehead atoms. The van der Waals surface area contributed by atoms with Crippen molar-refractivity contribution in [3.63, 3.8) is 0 Å². The number of hydrogen-bond donors (Lipinski definition) is 0. The summed E-state index contributed by atoms with van der Waals surface area (Å²) >= 11 is 0. The van der Waals surface area contributed by atoms with Crippen LogP contribution >= 0.6 is 0 Å². The predicted molar refractivity (Wildman–Crippen MR) is 249 cm³/mol. The minimum Gasteiger partial charge on any atom is -0.208 e. The Morgan fingerprint density at radius 1 is 0.167 bits per heavy atom. The Kier molecular flexibility index (Phi) is 9.97. The molecule has 0 amide bonds. The molecule has 282 valence electrons. The third-order valence-corrected chi connectivity index (χ3v) is 11.0. The average molecular weight is 766 g/mol. The van der Waals surface area contributed by atoms with Gasteiger partial charge in [-0.15, -0.1) is 0 Å². The molecule has 10 rings (SSSR count). The topological polar surface area (TPSA) is 38.7 Å². The molecule has 0 atom stereocenters. The van der Waals surface area contributed by atoms with Gasteiger partial charge < -0.3 is 0 Å². The molecule has 3 nitrogen and oxygen atoms in total. The molecule has 0 saturated heterocycles. The van der Waals surface area contributed by atoms with E-state index in [1.54, 1.807) is 0 Å². The maximum Gasteiger partial charge on any atom is 0.164 e. The second-order valence-corrected chi connectivity index (χ2v) is 14.8. The van der Waals surface area contributed by atoms with E-state index < -0.39 is 0 Å². The van der Waals surface area contributed by atoms with Crippen LogP contribution in [0, 0.1) is 0 Å². The van der Waals surface area contributed by atoms with Gasteiger partial charge >= 0.3 is 0 Å². The van der Waals surface area contributed by atoms with Crippen LogP contribution in [0.25, 0.3) is 101 Å². The fourth-order valence-corrected chi connectivity index (χ4v) is 7.92. The van der Waals surface area contributed by atoms with E-state index in [0.29, 0.717) is 17.5 Å². The molecular formula is C57H39N3. The zero-order chi connectivity index (χ0) is 40.1. The van der Waals surface area contributed by atoms with Crippen molar-refractivity contribution in [1.29, 1.82) is 0 Å². The van der Waals surface area contributed by atoms with E-state index in [1.165, 1.54) is 0 Å². The molecular weight excluding hydrogens is 727 g/mol. The molecule has 0 aliphatic rings. The fraction of sp³-hybridized carbons (Fsp3) is 0. The summed E-state index contributed by atoms with van der Waals surface area (Å²) in [5.74, 6) is 1.83. The molecule has 1 aromatic heterocycles. The standard InChI is InChI=1S/C57H39N3/c1-5-17-40(18-6-1)42-29-33-46(34-30-42)55-58-56(47-35-31-43(32-36-47)41-19-7-2-8-20-41)60-57(59-55)50-38-48(53-27-15-13-25-51(53)44-21-9-3-10-22-44)37-49(39-50)54-28-16-14-26-52(54)45-23-11-4-12-24-45/h1-39H. The second kappa shape index (κ2) is 16.5. The van der Waals surface area contributed by atoms with Gasteiger partial charge in [0.15, 0.2) is 17.5 Å². The van der Waals surface area contributed by atoms with Crippen molar-refractivity contribution in [2.24, 2.45) is 0 Å². The van der Waals surface area contributed by atoms with Crippen molar-refractivity contribution in [2.45, 2.75) is 0 Å². The molecule has 3 heteroatoms. The second-order valence-electron chi connectivity index (χ2n) is 14.8. The van der Waals surface area contributed by atoms with Crippen molar-refractivity contribution in [1.82, 2.24) is 15.0 Å². The monoisotopic (exact) mass is 765 g/mol. The Morgan fingerprint density at radius 2 is 0.400 bits per heavy atom. The summed E-state index contributed by atoms with van der Waals surface area (Å²) in [5.41, 5.74) is 16.4. The van der Waals surface area contributed by atoms with Crippen LogP contribution in [-0.2, 0) is 0 Å². The first kappa shape index (κ1) is 36.3. The quantitative estimate of drug-likeness (QED) is 0.147. The number of benzene rings is 9. The van der Waals surface area contributed by atoms with Gasteiger partial charge in [-0.05, 0) is 85.0 Å². The third kappa shape index (κ3) is 7.56. The predicted octanol–water partition coefficient (Wildman–Crippen LogP) is 14.9. The number of hydrogen-bond acceptors (Lipinski definition) is 3. The first-order valence-corrected chi connectivity index (χ1v) is 20.3. The summed E-state index contributed by atoms with van der Waals surface area (Å²) in [7, 11) is 0. The van der Waals surface area contributed by atoms with E-state index in [1.807, 2.05) is 12.1 Å². The van der Waals surface area contributed by atoms with Crippen molar-refractivity contribution in [2.75, 3.05) is 0 Å². The Balaban J connectivity index is 1.18. The van der Waals surface area contributed by atoms with Gasteiger partial charge in [-0.2, -0.15) is 0 Å². The molecule has 0 N–H and O–H groups in total. The Morgan fingerprint density at radius 3 is 0.750 bits per heavy atom. The van der Waals surface area contributed by atoms with Crippen LogP contribution < -0.4 is 0 Å². The van der Waals surface area contributed by atoms with Gasteiger partial charge in [0, 0.05) is 16.7 Å². The maximum absolute atomic E-state index is 5.28. The molecule has 9 aromatic carbocycles. The summed E-state index contributed by atoms with van der Waals surface area (Å²) in [6.07, 6.45) is 0. The number of rotatable bonds is 9. The van der Waals surface area contributed by atoms with Crippen LogP contribution in [0.3, 0.4) is 0 Å². The molecule has 10 aromatic rings. The van der Waals surface area contributed by atoms with Gasteiger partial charge in [0.1, 0.15) is 0 Å². The first-order valence-electron chi connectivity index (χ1n) is 20.3. The van der Waals surface area contributed by atoms with E-state index in [4.69, 9.17) is 15.0 Å². The van der Waals surface area contributed by atoms with Crippen molar-refractivity contribution in [3.8, 4) is 101 Å². The SMILES string of the molecule is c1ccc(-c2ccc(-c3nc(-c4ccc(-c5ccccc5)cc4)nc(-c4cc(-c5ccccc5-c5ccccc5)cc(-c5ccccc5-c5ccccc5)c4)n3)cc2)cc1. The Hall–Kier alpha value is -8.01. The van der Waals surface area contributed by atoms with Crippen LogP contribution in [0.4, 0.5) is 0 Å². The van der Waals surface area contributed by atoms with Gasteiger partial charge in [0.2, 0.25) is 0 Å².